The van der Waals surface area contributed by atoms with Crippen LogP contribution in [0.1, 0.15) is 36.0 Å². The summed E-state index contributed by atoms with van der Waals surface area (Å²) in [6.07, 6.45) is 3.82. The average molecular weight is 398 g/mol. The molecule has 1 N–H and O–H groups in total. The molecule has 2 aliphatic rings. The van der Waals surface area contributed by atoms with Gasteiger partial charge in [-0.3, -0.25) is 9.59 Å². The number of piperidine rings is 1. The molecule has 2 amide bonds. The summed E-state index contributed by atoms with van der Waals surface area (Å²) >= 11 is 2.18. The molecule has 4 nitrogen and oxygen atoms in total. The molecule has 0 spiro atoms. The minimum absolute atomic E-state index is 0.00744. The van der Waals surface area contributed by atoms with Crippen LogP contribution < -0.4 is 5.32 Å². The highest BCUT2D eigenvalue weighted by Gasteiger charge is 2.35. The maximum absolute atomic E-state index is 12.3. The van der Waals surface area contributed by atoms with Gasteiger partial charge in [-0.05, 0) is 60.4 Å². The van der Waals surface area contributed by atoms with Gasteiger partial charge in [0.15, 0.2) is 0 Å². The number of carbonyl (C=O) groups excluding carboxylic acids is 2. The molecule has 2 fully saturated rings. The monoisotopic (exact) mass is 398 g/mol. The van der Waals surface area contributed by atoms with Crippen molar-refractivity contribution in [1.82, 2.24) is 10.2 Å². The van der Waals surface area contributed by atoms with Crippen LogP contribution in [0.25, 0.3) is 0 Å². The van der Waals surface area contributed by atoms with E-state index in [1.165, 1.54) is 0 Å². The molecule has 3 rings (SSSR count). The summed E-state index contributed by atoms with van der Waals surface area (Å²) in [6.45, 7) is 1.54. The topological polar surface area (TPSA) is 49.4 Å². The molecule has 21 heavy (non-hydrogen) atoms. The standard InChI is InChI=1S/C16H19IN2O2/c17-14-4-2-1-3-13(14)15(20)18-12-7-9-19(10-8-12)16(21)11-5-6-11/h1-4,11-12H,5-10H2,(H,18,20). The molecule has 5 heteroatoms. The van der Waals surface area contributed by atoms with Crippen LogP contribution in [0, 0.1) is 9.49 Å². The molecule has 1 saturated carbocycles. The van der Waals surface area contributed by atoms with Crippen LogP contribution in [0.2, 0.25) is 0 Å². The number of carbonyl (C=O) groups is 2. The van der Waals surface area contributed by atoms with E-state index in [-0.39, 0.29) is 11.9 Å². The highest BCUT2D eigenvalue weighted by atomic mass is 127. The summed E-state index contributed by atoms with van der Waals surface area (Å²) < 4.78 is 0.967. The summed E-state index contributed by atoms with van der Waals surface area (Å²) in [5.74, 6) is 0.603. The normalized spacial score (nSPS) is 19.4. The molecule has 1 aromatic rings. The summed E-state index contributed by atoms with van der Waals surface area (Å²) in [7, 11) is 0. The number of likely N-dealkylation sites (tertiary alicyclic amines) is 1. The lowest BCUT2D eigenvalue weighted by molar-refractivity contribution is -0.133. The number of rotatable bonds is 3. The minimum atomic E-state index is -0.00744. The molecular weight excluding hydrogens is 379 g/mol. The zero-order valence-corrected chi connectivity index (χ0v) is 14.0. The van der Waals surface area contributed by atoms with Crippen molar-refractivity contribution in [2.24, 2.45) is 5.92 Å². The second-order valence-electron chi connectivity index (χ2n) is 5.83. The molecule has 1 aliphatic carbocycles. The SMILES string of the molecule is O=C(NC1CCN(C(=O)C2CC2)CC1)c1ccccc1I. The quantitative estimate of drug-likeness (QED) is 0.796. The molecule has 112 valence electrons. The molecule has 1 aromatic carbocycles. The summed E-state index contributed by atoms with van der Waals surface area (Å²) in [4.78, 5) is 26.2. The second kappa shape index (κ2) is 6.34. The van der Waals surface area contributed by atoms with E-state index in [2.05, 4.69) is 27.9 Å². The van der Waals surface area contributed by atoms with E-state index >= 15 is 0 Å². The fourth-order valence-electron chi connectivity index (χ4n) is 2.74. The Morgan fingerprint density at radius 2 is 1.76 bits per heavy atom. The first-order valence-electron chi connectivity index (χ1n) is 7.49. The molecule has 1 aliphatic heterocycles. The van der Waals surface area contributed by atoms with Gasteiger partial charge in [-0.2, -0.15) is 0 Å². The summed E-state index contributed by atoms with van der Waals surface area (Å²) in [6, 6.07) is 7.78. The molecule has 0 bridgehead atoms. The molecule has 1 saturated heterocycles. The van der Waals surface area contributed by atoms with Crippen molar-refractivity contribution in [3.05, 3.63) is 33.4 Å². The van der Waals surface area contributed by atoms with E-state index in [0.29, 0.717) is 11.8 Å². The number of hydrogen-bond acceptors (Lipinski definition) is 2. The summed E-state index contributed by atoms with van der Waals surface area (Å²) in [5.41, 5.74) is 0.731. The van der Waals surface area contributed by atoms with Crippen molar-refractivity contribution >= 4 is 34.4 Å². The highest BCUT2D eigenvalue weighted by molar-refractivity contribution is 14.1. The van der Waals surface area contributed by atoms with E-state index in [0.717, 1.165) is 47.9 Å². The molecule has 0 aromatic heterocycles. The Kier molecular flexibility index (Phi) is 4.47. The van der Waals surface area contributed by atoms with Crippen LogP contribution in [0.3, 0.4) is 0 Å². The van der Waals surface area contributed by atoms with Crippen molar-refractivity contribution in [3.63, 3.8) is 0 Å². The van der Waals surface area contributed by atoms with Crippen LogP contribution in [-0.2, 0) is 4.79 Å². The first-order valence-corrected chi connectivity index (χ1v) is 8.57. The zero-order chi connectivity index (χ0) is 14.8. The van der Waals surface area contributed by atoms with Crippen LogP contribution in [0.15, 0.2) is 24.3 Å². The second-order valence-corrected chi connectivity index (χ2v) is 6.99. The molecule has 0 radical (unpaired) electrons. The van der Waals surface area contributed by atoms with Crippen molar-refractivity contribution in [3.8, 4) is 0 Å². The van der Waals surface area contributed by atoms with Crippen molar-refractivity contribution in [2.45, 2.75) is 31.7 Å². The number of nitrogens with zero attached hydrogens (tertiary/aromatic N) is 1. The van der Waals surface area contributed by atoms with Crippen LogP contribution in [-0.4, -0.2) is 35.8 Å². The van der Waals surface area contributed by atoms with Crippen molar-refractivity contribution in [2.75, 3.05) is 13.1 Å². The number of amides is 2. The third-order valence-corrected chi connectivity index (χ3v) is 5.13. The van der Waals surface area contributed by atoms with Gasteiger partial charge in [0.2, 0.25) is 5.91 Å². The molecule has 1 heterocycles. The predicted molar refractivity (Wildman–Crippen MR) is 89.0 cm³/mol. The first-order chi connectivity index (χ1) is 10.1. The summed E-state index contributed by atoms with van der Waals surface area (Å²) in [5, 5.41) is 3.10. The van der Waals surface area contributed by atoms with E-state index in [1.807, 2.05) is 29.2 Å². The van der Waals surface area contributed by atoms with Gasteiger partial charge in [0.1, 0.15) is 0 Å². The van der Waals surface area contributed by atoms with Gasteiger partial charge in [0.05, 0.1) is 5.56 Å². The van der Waals surface area contributed by atoms with Crippen LogP contribution >= 0.6 is 22.6 Å². The number of halogens is 1. The Balaban J connectivity index is 1.52. The molecule has 0 unspecified atom stereocenters. The van der Waals surface area contributed by atoms with E-state index in [4.69, 9.17) is 0 Å². The Hall–Kier alpha value is -1.11. The Labute approximate surface area is 138 Å². The maximum Gasteiger partial charge on any atom is 0.252 e. The van der Waals surface area contributed by atoms with Crippen molar-refractivity contribution in [1.29, 1.82) is 0 Å². The van der Waals surface area contributed by atoms with Gasteiger partial charge in [0.25, 0.3) is 5.91 Å². The van der Waals surface area contributed by atoms with Crippen LogP contribution in [0.4, 0.5) is 0 Å². The smallest absolute Gasteiger partial charge is 0.252 e. The predicted octanol–water partition coefficient (Wildman–Crippen LogP) is 2.42. The number of hydrogen-bond donors (Lipinski definition) is 1. The first kappa shape index (κ1) is 14.8. The fourth-order valence-corrected chi connectivity index (χ4v) is 3.37. The van der Waals surface area contributed by atoms with Crippen LogP contribution in [0.5, 0.6) is 0 Å². The largest absolute Gasteiger partial charge is 0.349 e. The van der Waals surface area contributed by atoms with Gasteiger partial charge in [-0.25, -0.2) is 0 Å². The van der Waals surface area contributed by atoms with Gasteiger partial charge in [0, 0.05) is 28.6 Å². The van der Waals surface area contributed by atoms with Crippen molar-refractivity contribution < 1.29 is 9.59 Å². The highest BCUT2D eigenvalue weighted by Crippen LogP contribution is 2.31. The Morgan fingerprint density at radius 3 is 2.38 bits per heavy atom. The Bertz CT molecular complexity index is 549. The Morgan fingerprint density at radius 1 is 1.10 bits per heavy atom. The molecule has 0 atom stereocenters. The van der Waals surface area contributed by atoms with E-state index < -0.39 is 0 Å². The molecular formula is C16H19IN2O2. The third kappa shape index (κ3) is 3.56. The lowest BCUT2D eigenvalue weighted by atomic mass is 10.0. The zero-order valence-electron chi connectivity index (χ0n) is 11.8. The van der Waals surface area contributed by atoms with E-state index in [1.54, 1.807) is 0 Å². The maximum atomic E-state index is 12.3. The van der Waals surface area contributed by atoms with Gasteiger partial charge in [-0.15, -0.1) is 0 Å². The average Bonchev–Trinajstić information content (AvgIpc) is 3.32. The van der Waals surface area contributed by atoms with Gasteiger partial charge < -0.3 is 10.2 Å². The minimum Gasteiger partial charge on any atom is -0.349 e. The lowest BCUT2D eigenvalue weighted by Crippen LogP contribution is -2.47. The fraction of sp³-hybridized carbons (Fsp3) is 0.500. The van der Waals surface area contributed by atoms with E-state index in [9.17, 15) is 9.59 Å². The van der Waals surface area contributed by atoms with Gasteiger partial charge in [-0.1, -0.05) is 12.1 Å². The van der Waals surface area contributed by atoms with Gasteiger partial charge >= 0.3 is 0 Å². The number of benzene rings is 1. The lowest BCUT2D eigenvalue weighted by Gasteiger charge is -2.32. The third-order valence-electron chi connectivity index (χ3n) is 4.19. The number of nitrogens with one attached hydrogen (secondary N) is 1.